The maximum absolute atomic E-state index is 12.4. The van der Waals surface area contributed by atoms with Gasteiger partial charge >= 0.3 is 0 Å². The van der Waals surface area contributed by atoms with Crippen molar-refractivity contribution in [2.45, 2.75) is 22.1 Å². The Bertz CT molecular complexity index is 941. The Morgan fingerprint density at radius 3 is 2.52 bits per heavy atom. The number of hydrogen-bond donors (Lipinski definition) is 1. The zero-order valence-electron chi connectivity index (χ0n) is 14.3. The SMILES string of the molecule is O=C(Nc1ccc(Sc2nncs2)cc1)c1ccc(N2CCCC2=O)cc1. The molecule has 2 aromatic carbocycles. The van der Waals surface area contributed by atoms with Crippen LogP contribution in [-0.4, -0.2) is 28.6 Å². The van der Waals surface area contributed by atoms with E-state index in [9.17, 15) is 9.59 Å². The number of carbonyl (C=O) groups is 2. The zero-order valence-corrected chi connectivity index (χ0v) is 15.9. The lowest BCUT2D eigenvalue weighted by Crippen LogP contribution is -2.23. The van der Waals surface area contributed by atoms with E-state index >= 15 is 0 Å². The standard InChI is InChI=1S/C19H16N4O2S2/c24-17-2-1-11-23(17)15-7-3-13(4-8-15)18(25)21-14-5-9-16(10-6-14)27-19-22-20-12-26-19/h3-10,12H,1-2,11H2,(H,21,25). The van der Waals surface area contributed by atoms with E-state index in [0.717, 1.165) is 33.6 Å². The maximum Gasteiger partial charge on any atom is 0.255 e. The van der Waals surface area contributed by atoms with Crippen molar-refractivity contribution in [2.24, 2.45) is 0 Å². The van der Waals surface area contributed by atoms with E-state index in [1.54, 1.807) is 22.5 Å². The molecule has 1 saturated heterocycles. The van der Waals surface area contributed by atoms with E-state index in [4.69, 9.17) is 0 Å². The van der Waals surface area contributed by atoms with Gasteiger partial charge in [-0.05, 0) is 55.0 Å². The third kappa shape index (κ3) is 4.17. The van der Waals surface area contributed by atoms with Crippen molar-refractivity contribution in [1.29, 1.82) is 0 Å². The summed E-state index contributed by atoms with van der Waals surface area (Å²) >= 11 is 3.02. The monoisotopic (exact) mass is 396 g/mol. The van der Waals surface area contributed by atoms with Gasteiger partial charge in [0.1, 0.15) is 5.51 Å². The van der Waals surface area contributed by atoms with Crippen LogP contribution in [0.5, 0.6) is 0 Å². The molecule has 0 radical (unpaired) electrons. The van der Waals surface area contributed by atoms with E-state index in [1.165, 1.54) is 23.1 Å². The molecule has 4 rings (SSSR count). The minimum absolute atomic E-state index is 0.138. The van der Waals surface area contributed by atoms with Crippen LogP contribution in [0.2, 0.25) is 0 Å². The first-order chi connectivity index (χ1) is 13.2. The molecule has 0 bridgehead atoms. The second-order valence-corrected chi connectivity index (χ2v) is 8.13. The van der Waals surface area contributed by atoms with Gasteiger partial charge < -0.3 is 10.2 Å². The zero-order chi connectivity index (χ0) is 18.6. The van der Waals surface area contributed by atoms with Crippen molar-refractivity contribution in [2.75, 3.05) is 16.8 Å². The highest BCUT2D eigenvalue weighted by molar-refractivity contribution is 8.01. The molecule has 0 unspecified atom stereocenters. The molecule has 0 aliphatic carbocycles. The van der Waals surface area contributed by atoms with Crippen LogP contribution < -0.4 is 10.2 Å². The fourth-order valence-corrected chi connectivity index (χ4v) is 4.28. The number of nitrogens with one attached hydrogen (secondary N) is 1. The quantitative estimate of drug-likeness (QED) is 0.704. The lowest BCUT2D eigenvalue weighted by molar-refractivity contribution is -0.117. The number of nitrogens with zero attached hydrogens (tertiary/aromatic N) is 3. The minimum Gasteiger partial charge on any atom is -0.322 e. The van der Waals surface area contributed by atoms with Gasteiger partial charge in [-0.15, -0.1) is 10.2 Å². The number of rotatable bonds is 5. The van der Waals surface area contributed by atoms with Gasteiger partial charge in [0.2, 0.25) is 5.91 Å². The molecule has 1 fully saturated rings. The molecule has 0 atom stereocenters. The van der Waals surface area contributed by atoms with Crippen molar-refractivity contribution in [3.05, 3.63) is 59.6 Å². The molecular formula is C19H16N4O2S2. The smallest absolute Gasteiger partial charge is 0.255 e. The summed E-state index contributed by atoms with van der Waals surface area (Å²) in [4.78, 5) is 27.0. The van der Waals surface area contributed by atoms with Crippen LogP contribution in [0.1, 0.15) is 23.2 Å². The second kappa shape index (κ2) is 7.89. The van der Waals surface area contributed by atoms with Crippen molar-refractivity contribution >= 4 is 46.3 Å². The Morgan fingerprint density at radius 1 is 1.11 bits per heavy atom. The Morgan fingerprint density at radius 2 is 1.89 bits per heavy atom. The molecule has 1 N–H and O–H groups in total. The molecule has 1 aromatic heterocycles. The third-order valence-electron chi connectivity index (χ3n) is 4.17. The number of carbonyl (C=O) groups excluding carboxylic acids is 2. The first-order valence-corrected chi connectivity index (χ1v) is 10.1. The Labute approximate surface area is 164 Å². The maximum atomic E-state index is 12.4. The first-order valence-electron chi connectivity index (χ1n) is 8.45. The van der Waals surface area contributed by atoms with Crippen LogP contribution in [0.15, 0.2) is 63.3 Å². The molecule has 0 spiro atoms. The summed E-state index contributed by atoms with van der Waals surface area (Å²) in [7, 11) is 0. The van der Waals surface area contributed by atoms with E-state index in [0.29, 0.717) is 12.0 Å². The van der Waals surface area contributed by atoms with Gasteiger partial charge in [-0.2, -0.15) is 0 Å². The molecule has 1 aliphatic heterocycles. The topological polar surface area (TPSA) is 75.2 Å². The van der Waals surface area contributed by atoms with Crippen LogP contribution in [0.25, 0.3) is 0 Å². The Hall–Kier alpha value is -2.71. The van der Waals surface area contributed by atoms with Crippen LogP contribution in [0.3, 0.4) is 0 Å². The van der Waals surface area contributed by atoms with Crippen molar-refractivity contribution in [3.8, 4) is 0 Å². The van der Waals surface area contributed by atoms with Gasteiger partial charge in [-0.25, -0.2) is 0 Å². The van der Waals surface area contributed by atoms with Gasteiger partial charge in [0, 0.05) is 34.8 Å². The minimum atomic E-state index is -0.182. The number of anilines is 2. The molecule has 8 heteroatoms. The largest absolute Gasteiger partial charge is 0.322 e. The van der Waals surface area contributed by atoms with Crippen LogP contribution in [0.4, 0.5) is 11.4 Å². The molecule has 2 amide bonds. The van der Waals surface area contributed by atoms with Gasteiger partial charge in [-0.3, -0.25) is 9.59 Å². The van der Waals surface area contributed by atoms with E-state index in [2.05, 4.69) is 15.5 Å². The van der Waals surface area contributed by atoms with Crippen LogP contribution >= 0.6 is 23.1 Å². The van der Waals surface area contributed by atoms with Crippen LogP contribution in [0, 0.1) is 0 Å². The summed E-state index contributed by atoms with van der Waals surface area (Å²) in [5.41, 5.74) is 3.81. The van der Waals surface area contributed by atoms with E-state index in [1.807, 2.05) is 36.4 Å². The fraction of sp³-hybridized carbons (Fsp3) is 0.158. The Balaban J connectivity index is 1.39. The lowest BCUT2D eigenvalue weighted by atomic mass is 10.1. The summed E-state index contributed by atoms with van der Waals surface area (Å²) < 4.78 is 0.878. The summed E-state index contributed by atoms with van der Waals surface area (Å²) in [6.45, 7) is 0.742. The van der Waals surface area contributed by atoms with Crippen molar-refractivity contribution < 1.29 is 9.59 Å². The highest BCUT2D eigenvalue weighted by atomic mass is 32.2. The Kier molecular flexibility index (Phi) is 5.17. The van der Waals surface area contributed by atoms with Crippen molar-refractivity contribution in [3.63, 3.8) is 0 Å². The van der Waals surface area contributed by atoms with Gasteiger partial charge in [0.05, 0.1) is 0 Å². The average Bonchev–Trinajstić information content (AvgIpc) is 3.35. The average molecular weight is 396 g/mol. The fourth-order valence-electron chi connectivity index (χ4n) is 2.83. The normalized spacial score (nSPS) is 13.8. The molecule has 6 nitrogen and oxygen atoms in total. The molecule has 1 aliphatic rings. The molecule has 27 heavy (non-hydrogen) atoms. The van der Waals surface area contributed by atoms with Gasteiger partial charge in [-0.1, -0.05) is 23.1 Å². The summed E-state index contributed by atoms with van der Waals surface area (Å²) in [6.07, 6.45) is 1.48. The van der Waals surface area contributed by atoms with Gasteiger partial charge in [0.15, 0.2) is 4.34 Å². The molecule has 0 saturated carbocycles. The highest BCUT2D eigenvalue weighted by Crippen LogP contribution is 2.29. The molecule has 3 aromatic rings. The highest BCUT2D eigenvalue weighted by Gasteiger charge is 2.21. The van der Waals surface area contributed by atoms with Gasteiger partial charge in [0.25, 0.3) is 5.91 Å². The second-order valence-electron chi connectivity index (χ2n) is 5.98. The lowest BCUT2D eigenvalue weighted by Gasteiger charge is -2.15. The predicted molar refractivity (Wildman–Crippen MR) is 106 cm³/mol. The third-order valence-corrected chi connectivity index (χ3v) is 5.96. The first kappa shape index (κ1) is 17.7. The summed E-state index contributed by atoms with van der Waals surface area (Å²) in [5.74, 6) is -0.0440. The molecular weight excluding hydrogens is 380 g/mol. The van der Waals surface area contributed by atoms with Crippen molar-refractivity contribution in [1.82, 2.24) is 10.2 Å². The number of hydrogen-bond acceptors (Lipinski definition) is 6. The molecule has 136 valence electrons. The van der Waals surface area contributed by atoms with E-state index in [-0.39, 0.29) is 11.8 Å². The number of amides is 2. The number of aromatic nitrogens is 2. The van der Waals surface area contributed by atoms with E-state index < -0.39 is 0 Å². The number of benzene rings is 2. The predicted octanol–water partition coefficient (Wildman–Crippen LogP) is 4.07. The van der Waals surface area contributed by atoms with Crippen LogP contribution in [-0.2, 0) is 4.79 Å². The summed E-state index contributed by atoms with van der Waals surface area (Å²) in [5, 5.41) is 10.7. The molecule has 2 heterocycles. The summed E-state index contributed by atoms with van der Waals surface area (Å²) in [6, 6.07) is 14.7.